The number of benzene rings is 1. The Balaban J connectivity index is 3.30. The first-order valence-corrected chi connectivity index (χ1v) is 20.4. The second-order valence-corrected chi connectivity index (χ2v) is 27.8. The van der Waals surface area contributed by atoms with Crippen LogP contribution in [0.15, 0.2) is 18.2 Å². The minimum atomic E-state index is -1.66. The molecule has 0 aliphatic rings. The van der Waals surface area contributed by atoms with Crippen molar-refractivity contribution in [3.05, 3.63) is 23.8 Å². The molecule has 15 heavy (non-hydrogen) atoms. The van der Waals surface area contributed by atoms with Crippen molar-refractivity contribution < 1.29 is 0 Å². The molecule has 0 bridgehead atoms. The van der Waals surface area contributed by atoms with Gasteiger partial charge in [0.2, 0.25) is 0 Å². The fraction of sp³-hybridized carbons (Fsp3) is 0.538. The first-order valence-electron chi connectivity index (χ1n) is 5.74. The molecular weight excluding hydrogens is 301 g/mol. The molecule has 84 valence electrons. The van der Waals surface area contributed by atoms with E-state index in [1.54, 1.807) is 8.79 Å². The summed E-state index contributed by atoms with van der Waals surface area (Å²) in [7, 11) is 0. The molecular formula is C13H24Ge2. The number of rotatable bonds is 2. The minimum absolute atomic E-state index is 1.51. The van der Waals surface area contributed by atoms with E-state index in [0.29, 0.717) is 0 Å². The summed E-state index contributed by atoms with van der Waals surface area (Å²) in [5.41, 5.74) is 1.51. The SMILES string of the molecule is Cc1cc[c]([Ge]([CH3])([CH3])[CH3])c[c]1[Ge]([CH3])([CH3])[CH3]. The van der Waals surface area contributed by atoms with Gasteiger partial charge in [0.1, 0.15) is 0 Å². The first kappa shape index (κ1) is 13.4. The molecule has 0 nitrogen and oxygen atoms in total. The summed E-state index contributed by atoms with van der Waals surface area (Å²) >= 11 is -3.29. The third-order valence-corrected chi connectivity index (χ3v) is 11.7. The zero-order valence-corrected chi connectivity index (χ0v) is 15.4. The van der Waals surface area contributed by atoms with Gasteiger partial charge in [-0.2, -0.15) is 0 Å². The van der Waals surface area contributed by atoms with Crippen molar-refractivity contribution >= 4 is 35.3 Å². The molecule has 0 aromatic heterocycles. The second kappa shape index (κ2) is 4.29. The normalized spacial score (nSPS) is 13.0. The molecule has 0 N–H and O–H groups in total. The molecule has 0 fully saturated rings. The summed E-state index contributed by atoms with van der Waals surface area (Å²) in [5.74, 6) is 14.9. The second-order valence-electron chi connectivity index (χ2n) is 6.53. The summed E-state index contributed by atoms with van der Waals surface area (Å²) in [6.45, 7) is 2.27. The van der Waals surface area contributed by atoms with Crippen molar-refractivity contribution in [2.75, 3.05) is 0 Å². The Morgan fingerprint density at radius 3 is 1.73 bits per heavy atom. The van der Waals surface area contributed by atoms with E-state index in [2.05, 4.69) is 59.7 Å². The standard InChI is InChI=1S/C13H24Ge2/c1-11-8-9-12(14(2,3)4)10-13(11)15(5,6)7/h8-10H,1-7H3. The quantitative estimate of drug-likeness (QED) is 0.733. The summed E-state index contributed by atoms with van der Waals surface area (Å²) in [6.07, 6.45) is 0. The first-order chi connectivity index (χ1) is 6.62. The molecule has 0 saturated carbocycles. The van der Waals surface area contributed by atoms with Crippen LogP contribution in [0.3, 0.4) is 0 Å². The van der Waals surface area contributed by atoms with Crippen LogP contribution in [-0.2, 0) is 0 Å². The van der Waals surface area contributed by atoms with E-state index in [4.69, 9.17) is 0 Å². The summed E-state index contributed by atoms with van der Waals surface area (Å²) in [5, 5.41) is 0. The van der Waals surface area contributed by atoms with Crippen LogP contribution in [0, 0.1) is 6.92 Å². The maximum absolute atomic E-state index is 2.54. The summed E-state index contributed by atoms with van der Waals surface area (Å²) < 4.78 is 3.36. The summed E-state index contributed by atoms with van der Waals surface area (Å²) in [4.78, 5) is 0. The predicted octanol–water partition coefficient (Wildman–Crippen LogP) is 3.09. The molecule has 2 heteroatoms. The van der Waals surface area contributed by atoms with E-state index in [1.165, 1.54) is 5.56 Å². The maximum atomic E-state index is 2.54. The third kappa shape index (κ3) is 3.38. The van der Waals surface area contributed by atoms with Gasteiger partial charge in [0.25, 0.3) is 0 Å². The van der Waals surface area contributed by atoms with Gasteiger partial charge in [-0.25, -0.2) is 0 Å². The average Bonchev–Trinajstić information content (AvgIpc) is 2.00. The number of aryl methyl sites for hydroxylation is 1. The van der Waals surface area contributed by atoms with Crippen LogP contribution in [0.5, 0.6) is 0 Å². The molecule has 0 aliphatic heterocycles. The average molecular weight is 326 g/mol. The van der Waals surface area contributed by atoms with Crippen molar-refractivity contribution in [1.82, 2.24) is 0 Å². The fourth-order valence-electron chi connectivity index (χ4n) is 1.90. The Bertz CT molecular complexity index is 354. The summed E-state index contributed by atoms with van der Waals surface area (Å²) in [6, 6.07) is 7.25. The van der Waals surface area contributed by atoms with E-state index in [1.807, 2.05) is 0 Å². The van der Waals surface area contributed by atoms with Crippen LogP contribution in [0.2, 0.25) is 34.5 Å². The van der Waals surface area contributed by atoms with Crippen LogP contribution in [0.4, 0.5) is 0 Å². The molecule has 0 saturated heterocycles. The number of hydrogen-bond donors (Lipinski definition) is 0. The fourth-order valence-corrected chi connectivity index (χ4v) is 8.86. The molecule has 0 unspecified atom stereocenters. The van der Waals surface area contributed by atoms with Gasteiger partial charge in [-0.3, -0.25) is 0 Å². The van der Waals surface area contributed by atoms with Gasteiger partial charge in [0.15, 0.2) is 0 Å². The van der Waals surface area contributed by atoms with Gasteiger partial charge in [-0.15, -0.1) is 0 Å². The van der Waals surface area contributed by atoms with Gasteiger partial charge >= 0.3 is 101 Å². The molecule has 0 radical (unpaired) electrons. The van der Waals surface area contributed by atoms with Crippen molar-refractivity contribution in [3.63, 3.8) is 0 Å². The van der Waals surface area contributed by atoms with Crippen LogP contribution >= 0.6 is 0 Å². The van der Waals surface area contributed by atoms with Crippen LogP contribution in [0.1, 0.15) is 5.56 Å². The zero-order chi connectivity index (χ0) is 11.9. The van der Waals surface area contributed by atoms with E-state index in [0.717, 1.165) is 0 Å². The molecule has 0 spiro atoms. The Morgan fingerprint density at radius 2 is 1.33 bits per heavy atom. The van der Waals surface area contributed by atoms with Crippen LogP contribution in [-0.4, -0.2) is 26.5 Å². The Hall–Kier alpha value is 0.306. The van der Waals surface area contributed by atoms with Gasteiger partial charge < -0.3 is 0 Å². The van der Waals surface area contributed by atoms with Crippen molar-refractivity contribution in [3.8, 4) is 0 Å². The van der Waals surface area contributed by atoms with Crippen LogP contribution in [0.25, 0.3) is 0 Å². The Labute approximate surface area is 100 Å². The monoisotopic (exact) mass is 328 g/mol. The van der Waals surface area contributed by atoms with Crippen molar-refractivity contribution in [2.24, 2.45) is 0 Å². The molecule has 0 atom stereocenters. The number of hydrogen-bond acceptors (Lipinski definition) is 0. The van der Waals surface area contributed by atoms with Crippen molar-refractivity contribution in [2.45, 2.75) is 41.5 Å². The molecule has 1 aromatic rings. The Morgan fingerprint density at radius 1 is 0.800 bits per heavy atom. The molecule has 0 heterocycles. The van der Waals surface area contributed by atoms with E-state index in [-0.39, 0.29) is 0 Å². The molecule has 0 aliphatic carbocycles. The van der Waals surface area contributed by atoms with E-state index < -0.39 is 26.5 Å². The zero-order valence-electron chi connectivity index (χ0n) is 11.2. The molecule has 0 amide bonds. The predicted molar refractivity (Wildman–Crippen MR) is 77.1 cm³/mol. The van der Waals surface area contributed by atoms with Gasteiger partial charge in [0, 0.05) is 0 Å². The van der Waals surface area contributed by atoms with Gasteiger partial charge in [-0.1, -0.05) is 0 Å². The molecule has 1 aromatic carbocycles. The van der Waals surface area contributed by atoms with E-state index in [9.17, 15) is 0 Å². The third-order valence-electron chi connectivity index (χ3n) is 2.91. The van der Waals surface area contributed by atoms with Crippen molar-refractivity contribution in [1.29, 1.82) is 0 Å². The van der Waals surface area contributed by atoms with Crippen LogP contribution < -0.4 is 8.79 Å². The van der Waals surface area contributed by atoms with Gasteiger partial charge in [-0.05, 0) is 0 Å². The van der Waals surface area contributed by atoms with Gasteiger partial charge in [0.05, 0.1) is 0 Å². The van der Waals surface area contributed by atoms with E-state index >= 15 is 0 Å². The Kier molecular flexibility index (Phi) is 3.82. The topological polar surface area (TPSA) is 0 Å². The molecule has 1 rings (SSSR count).